The van der Waals surface area contributed by atoms with Crippen molar-refractivity contribution >= 4 is 40.0 Å². The van der Waals surface area contributed by atoms with Crippen LogP contribution in [0, 0.1) is 13.8 Å². The van der Waals surface area contributed by atoms with Crippen LogP contribution in [0.15, 0.2) is 35.3 Å². The molecule has 0 amide bonds. The molecule has 0 atom stereocenters. The van der Waals surface area contributed by atoms with E-state index in [4.69, 9.17) is 4.99 Å². The minimum absolute atomic E-state index is 0. The smallest absolute Gasteiger partial charge is 0.211 e. The Morgan fingerprint density at radius 3 is 2.48 bits per heavy atom. The van der Waals surface area contributed by atoms with Crippen molar-refractivity contribution in [3.05, 3.63) is 47.3 Å². The largest absolute Gasteiger partial charge is 0.357 e. The fourth-order valence-electron chi connectivity index (χ4n) is 3.25. The summed E-state index contributed by atoms with van der Waals surface area (Å²) in [6.07, 6.45) is 1.95. The van der Waals surface area contributed by atoms with E-state index in [1.165, 1.54) is 10.6 Å². The SMILES string of the molecule is CCNC(=NCc1ccccc1-n1nc(C)cc1C)NCCCN(CC)S(C)(=O)=O.I. The molecule has 174 valence electrons. The molecule has 0 aliphatic rings. The van der Waals surface area contributed by atoms with Crippen molar-refractivity contribution in [1.82, 2.24) is 24.7 Å². The van der Waals surface area contributed by atoms with Crippen molar-refractivity contribution in [2.75, 3.05) is 32.4 Å². The average Bonchev–Trinajstić information content (AvgIpc) is 3.03. The van der Waals surface area contributed by atoms with Crippen LogP contribution in [0.1, 0.15) is 37.2 Å². The molecule has 31 heavy (non-hydrogen) atoms. The van der Waals surface area contributed by atoms with Crippen molar-refractivity contribution in [3.8, 4) is 5.69 Å². The number of sulfonamides is 1. The number of hydrogen-bond acceptors (Lipinski definition) is 4. The summed E-state index contributed by atoms with van der Waals surface area (Å²) in [6.45, 7) is 10.8. The number of nitrogens with zero attached hydrogens (tertiary/aromatic N) is 4. The number of aliphatic imine (C=N–C) groups is 1. The molecule has 0 saturated heterocycles. The summed E-state index contributed by atoms with van der Waals surface area (Å²) in [6, 6.07) is 10.2. The highest BCUT2D eigenvalue weighted by Crippen LogP contribution is 2.17. The monoisotopic (exact) mass is 562 g/mol. The maximum atomic E-state index is 11.7. The summed E-state index contributed by atoms with van der Waals surface area (Å²) in [5, 5.41) is 11.1. The molecule has 0 bridgehead atoms. The second-order valence-corrected chi connectivity index (χ2v) is 9.18. The first-order valence-corrected chi connectivity index (χ1v) is 12.2. The molecule has 1 aromatic heterocycles. The Kier molecular flexibility index (Phi) is 11.5. The zero-order chi connectivity index (χ0) is 22.1. The average molecular weight is 563 g/mol. The molecular formula is C21H35IN6O2S. The molecule has 1 aromatic carbocycles. The lowest BCUT2D eigenvalue weighted by atomic mass is 10.2. The molecule has 0 saturated carbocycles. The summed E-state index contributed by atoms with van der Waals surface area (Å²) in [5.41, 5.74) is 4.17. The number of aromatic nitrogens is 2. The van der Waals surface area contributed by atoms with Gasteiger partial charge in [0.05, 0.1) is 24.2 Å². The number of nitrogens with one attached hydrogen (secondary N) is 2. The Hall–Kier alpha value is -1.66. The number of halogens is 1. The molecule has 0 spiro atoms. The highest BCUT2D eigenvalue weighted by Gasteiger charge is 2.13. The van der Waals surface area contributed by atoms with Gasteiger partial charge < -0.3 is 10.6 Å². The van der Waals surface area contributed by atoms with Gasteiger partial charge in [-0.15, -0.1) is 24.0 Å². The zero-order valence-electron chi connectivity index (χ0n) is 19.1. The second-order valence-electron chi connectivity index (χ2n) is 7.20. The van der Waals surface area contributed by atoms with E-state index in [1.54, 1.807) is 0 Å². The molecule has 0 aliphatic heterocycles. The van der Waals surface area contributed by atoms with E-state index in [-0.39, 0.29) is 24.0 Å². The van der Waals surface area contributed by atoms with Crippen LogP contribution in [0.25, 0.3) is 5.69 Å². The van der Waals surface area contributed by atoms with Gasteiger partial charge in [0.2, 0.25) is 10.0 Å². The van der Waals surface area contributed by atoms with Gasteiger partial charge in [-0.3, -0.25) is 0 Å². The van der Waals surface area contributed by atoms with Crippen molar-refractivity contribution in [1.29, 1.82) is 0 Å². The van der Waals surface area contributed by atoms with Crippen LogP contribution >= 0.6 is 24.0 Å². The van der Waals surface area contributed by atoms with Gasteiger partial charge in [0.1, 0.15) is 0 Å². The van der Waals surface area contributed by atoms with E-state index < -0.39 is 10.0 Å². The van der Waals surface area contributed by atoms with Crippen molar-refractivity contribution in [2.24, 2.45) is 4.99 Å². The summed E-state index contributed by atoms with van der Waals surface area (Å²) in [7, 11) is -3.15. The number of benzene rings is 1. The van der Waals surface area contributed by atoms with Gasteiger partial charge in [0.15, 0.2) is 5.96 Å². The Morgan fingerprint density at radius 1 is 1.19 bits per heavy atom. The van der Waals surface area contributed by atoms with Gasteiger partial charge in [0.25, 0.3) is 0 Å². The second kappa shape index (κ2) is 13.0. The third-order valence-corrected chi connectivity index (χ3v) is 6.06. The Labute approximate surface area is 203 Å². The van der Waals surface area contributed by atoms with Crippen LogP contribution in [-0.4, -0.2) is 60.9 Å². The number of guanidine groups is 1. The summed E-state index contributed by atoms with van der Waals surface area (Å²) >= 11 is 0. The standard InChI is InChI=1S/C21H34N6O2S.HI/c1-6-22-21(23-13-10-14-26(7-2)30(5,28)29)24-16-19-11-8-9-12-20(19)27-18(4)15-17(3)25-27;/h8-9,11-12,15H,6-7,10,13-14,16H2,1-5H3,(H2,22,23,24);1H. The van der Waals surface area contributed by atoms with E-state index in [0.29, 0.717) is 38.6 Å². The third kappa shape index (κ3) is 8.41. The molecule has 1 heterocycles. The van der Waals surface area contributed by atoms with Crippen LogP contribution in [0.3, 0.4) is 0 Å². The Morgan fingerprint density at radius 2 is 1.90 bits per heavy atom. The fraction of sp³-hybridized carbons (Fsp3) is 0.524. The lowest BCUT2D eigenvalue weighted by Crippen LogP contribution is -2.39. The van der Waals surface area contributed by atoms with Crippen LogP contribution in [0.5, 0.6) is 0 Å². The third-order valence-electron chi connectivity index (χ3n) is 4.68. The molecule has 8 nitrogen and oxygen atoms in total. The zero-order valence-corrected chi connectivity index (χ0v) is 22.2. The Bertz CT molecular complexity index is 959. The maximum absolute atomic E-state index is 11.7. The highest BCUT2D eigenvalue weighted by atomic mass is 127. The lowest BCUT2D eigenvalue weighted by Gasteiger charge is -2.18. The molecule has 2 N–H and O–H groups in total. The van der Waals surface area contributed by atoms with Gasteiger partial charge in [-0.25, -0.2) is 22.4 Å². The summed E-state index contributed by atoms with van der Waals surface area (Å²) in [4.78, 5) is 4.71. The van der Waals surface area contributed by atoms with Crippen molar-refractivity contribution in [2.45, 2.75) is 40.7 Å². The van der Waals surface area contributed by atoms with Crippen LogP contribution < -0.4 is 10.6 Å². The van der Waals surface area contributed by atoms with Crippen molar-refractivity contribution in [3.63, 3.8) is 0 Å². The molecule has 10 heteroatoms. The number of rotatable bonds is 10. The minimum atomic E-state index is -3.15. The van der Waals surface area contributed by atoms with Crippen LogP contribution in [-0.2, 0) is 16.6 Å². The number of aryl methyl sites for hydroxylation is 2. The molecule has 2 rings (SSSR count). The van der Waals surface area contributed by atoms with Crippen LogP contribution in [0.4, 0.5) is 0 Å². The first-order valence-electron chi connectivity index (χ1n) is 10.3. The molecule has 0 radical (unpaired) electrons. The van der Waals surface area contributed by atoms with Gasteiger partial charge >= 0.3 is 0 Å². The lowest BCUT2D eigenvalue weighted by molar-refractivity contribution is 0.424. The first kappa shape index (κ1) is 27.4. The van der Waals surface area contributed by atoms with Gasteiger partial charge in [-0.05, 0) is 44.9 Å². The topological polar surface area (TPSA) is 91.6 Å². The Balaban J connectivity index is 0.00000480. The fourth-order valence-corrected chi connectivity index (χ4v) is 4.18. The quantitative estimate of drug-likeness (QED) is 0.201. The number of hydrogen-bond donors (Lipinski definition) is 2. The van der Waals surface area contributed by atoms with Crippen molar-refractivity contribution < 1.29 is 8.42 Å². The summed E-state index contributed by atoms with van der Waals surface area (Å²) < 4.78 is 26.8. The van der Waals surface area contributed by atoms with Crippen LogP contribution in [0.2, 0.25) is 0 Å². The maximum Gasteiger partial charge on any atom is 0.211 e. The van der Waals surface area contributed by atoms with Gasteiger partial charge in [0, 0.05) is 31.9 Å². The molecule has 2 aromatic rings. The summed E-state index contributed by atoms with van der Waals surface area (Å²) in [5.74, 6) is 0.711. The normalized spacial score (nSPS) is 12.0. The van der Waals surface area contributed by atoms with Gasteiger partial charge in [-0.2, -0.15) is 5.10 Å². The molecule has 0 aliphatic carbocycles. The highest BCUT2D eigenvalue weighted by molar-refractivity contribution is 14.0. The molecule has 0 fully saturated rings. The predicted octanol–water partition coefficient (Wildman–Crippen LogP) is 2.83. The predicted molar refractivity (Wildman–Crippen MR) is 138 cm³/mol. The van der Waals surface area contributed by atoms with E-state index in [2.05, 4.69) is 33.9 Å². The van der Waals surface area contributed by atoms with Gasteiger partial charge in [-0.1, -0.05) is 25.1 Å². The molecular weight excluding hydrogens is 527 g/mol. The van der Waals surface area contributed by atoms with E-state index in [1.807, 2.05) is 44.5 Å². The minimum Gasteiger partial charge on any atom is -0.357 e. The molecule has 0 unspecified atom stereocenters. The van der Waals surface area contributed by atoms with E-state index >= 15 is 0 Å². The first-order chi connectivity index (χ1) is 14.3. The number of para-hydroxylation sites is 1. The van der Waals surface area contributed by atoms with E-state index in [0.717, 1.165) is 29.2 Å². The van der Waals surface area contributed by atoms with E-state index in [9.17, 15) is 8.42 Å².